The fourth-order valence-corrected chi connectivity index (χ4v) is 3.08. The summed E-state index contributed by atoms with van der Waals surface area (Å²) in [4.78, 5) is 0. The van der Waals surface area contributed by atoms with Crippen LogP contribution in [0.4, 0.5) is 13.2 Å². The van der Waals surface area contributed by atoms with E-state index in [1.54, 1.807) is 0 Å². The monoisotopic (exact) mass is 408 g/mol. The summed E-state index contributed by atoms with van der Waals surface area (Å²) in [6.45, 7) is 4.07. The van der Waals surface area contributed by atoms with Crippen molar-refractivity contribution >= 4 is 31.9 Å². The lowest BCUT2D eigenvalue weighted by molar-refractivity contribution is -0.137. The van der Waals surface area contributed by atoms with Crippen molar-refractivity contribution in [2.45, 2.75) is 81.0 Å². The van der Waals surface area contributed by atoms with Gasteiger partial charge < -0.3 is 0 Å². The van der Waals surface area contributed by atoms with Crippen molar-refractivity contribution in [3.05, 3.63) is 0 Å². The molecule has 0 aliphatic heterocycles. The Morgan fingerprint density at radius 1 is 0.895 bits per heavy atom. The summed E-state index contributed by atoms with van der Waals surface area (Å²) in [6, 6.07) is 0. The van der Waals surface area contributed by atoms with Gasteiger partial charge in [-0.3, -0.25) is 0 Å². The first-order valence-electron chi connectivity index (χ1n) is 7.11. The Labute approximate surface area is 132 Å². The molecule has 0 spiro atoms. The van der Waals surface area contributed by atoms with Crippen molar-refractivity contribution in [1.29, 1.82) is 0 Å². The van der Waals surface area contributed by atoms with Gasteiger partial charge in [0.05, 0.1) is 3.23 Å². The summed E-state index contributed by atoms with van der Waals surface area (Å²) in [6.07, 6.45) is 3.33. The third-order valence-corrected chi connectivity index (χ3v) is 4.69. The van der Waals surface area contributed by atoms with E-state index < -0.39 is 15.8 Å². The molecule has 0 bridgehead atoms. The first-order chi connectivity index (χ1) is 8.67. The van der Waals surface area contributed by atoms with Gasteiger partial charge in [-0.05, 0) is 25.7 Å². The Morgan fingerprint density at radius 2 is 1.42 bits per heavy atom. The number of alkyl halides is 5. The Bertz CT molecular complexity index is 222. The van der Waals surface area contributed by atoms with Crippen LogP contribution in [0.5, 0.6) is 0 Å². The predicted molar refractivity (Wildman–Crippen MR) is 83.0 cm³/mol. The topological polar surface area (TPSA) is 0 Å². The average Bonchev–Trinajstić information content (AvgIpc) is 2.23. The number of unbranched alkanes of at least 4 members (excludes halogenated alkanes) is 5. The van der Waals surface area contributed by atoms with E-state index in [4.69, 9.17) is 0 Å². The Kier molecular flexibility index (Phi) is 10.0. The third-order valence-electron chi connectivity index (χ3n) is 3.40. The van der Waals surface area contributed by atoms with Crippen LogP contribution in [0.2, 0.25) is 0 Å². The molecule has 1 unspecified atom stereocenters. The van der Waals surface area contributed by atoms with Gasteiger partial charge in [0.15, 0.2) is 0 Å². The van der Waals surface area contributed by atoms with Crippen molar-refractivity contribution in [2.24, 2.45) is 5.92 Å². The lowest BCUT2D eigenvalue weighted by Gasteiger charge is -2.27. The van der Waals surface area contributed by atoms with Crippen LogP contribution in [0.1, 0.15) is 71.6 Å². The molecular formula is C14H25Br2F3. The fraction of sp³-hybridized carbons (Fsp3) is 1.00. The molecular weight excluding hydrogens is 385 g/mol. The van der Waals surface area contributed by atoms with Crippen LogP contribution in [0.15, 0.2) is 0 Å². The minimum atomic E-state index is -4.05. The van der Waals surface area contributed by atoms with Crippen molar-refractivity contribution in [1.82, 2.24) is 0 Å². The summed E-state index contributed by atoms with van der Waals surface area (Å²) in [5, 5.41) is 0. The van der Waals surface area contributed by atoms with Crippen molar-refractivity contribution < 1.29 is 13.2 Å². The van der Waals surface area contributed by atoms with Gasteiger partial charge in [-0.15, -0.1) is 0 Å². The molecule has 0 saturated carbocycles. The smallest absolute Gasteiger partial charge is 0.171 e. The molecule has 0 radical (unpaired) electrons. The molecule has 0 rings (SSSR count). The third kappa shape index (κ3) is 12.2. The van der Waals surface area contributed by atoms with Gasteiger partial charge in [-0.25, -0.2) is 0 Å². The molecule has 1 atom stereocenters. The molecule has 0 aromatic rings. The quantitative estimate of drug-likeness (QED) is 0.264. The standard InChI is InChI=1S/C14H25Br2F3/c1-3-4-5-6-7-8-9-12(13(2,15)16)10-11-14(17,18)19/h12H,3-11H2,1-2H3. The summed E-state index contributed by atoms with van der Waals surface area (Å²) in [7, 11) is 0. The highest BCUT2D eigenvalue weighted by Crippen LogP contribution is 2.41. The molecule has 5 heteroatoms. The molecule has 0 heterocycles. The molecule has 0 N–H and O–H groups in total. The summed E-state index contributed by atoms with van der Waals surface area (Å²) in [5.41, 5.74) is 0. The number of hydrogen-bond acceptors (Lipinski definition) is 0. The average molecular weight is 410 g/mol. The van der Waals surface area contributed by atoms with E-state index in [9.17, 15) is 13.2 Å². The van der Waals surface area contributed by atoms with E-state index in [-0.39, 0.29) is 12.3 Å². The molecule has 0 aliphatic carbocycles. The van der Waals surface area contributed by atoms with E-state index >= 15 is 0 Å². The Balaban J connectivity index is 3.95. The SMILES string of the molecule is CCCCCCCCC(CCC(F)(F)F)C(C)(Br)Br. The molecule has 0 fully saturated rings. The second kappa shape index (κ2) is 9.64. The van der Waals surface area contributed by atoms with Crippen LogP contribution in [-0.4, -0.2) is 9.41 Å². The van der Waals surface area contributed by atoms with Crippen LogP contribution in [0.25, 0.3) is 0 Å². The zero-order valence-electron chi connectivity index (χ0n) is 11.8. The fourth-order valence-electron chi connectivity index (χ4n) is 2.16. The van der Waals surface area contributed by atoms with Crippen LogP contribution in [-0.2, 0) is 0 Å². The van der Waals surface area contributed by atoms with Crippen molar-refractivity contribution in [2.75, 3.05) is 0 Å². The van der Waals surface area contributed by atoms with Gasteiger partial charge in [0, 0.05) is 6.42 Å². The summed E-state index contributed by atoms with van der Waals surface area (Å²) >= 11 is 6.91. The molecule has 116 valence electrons. The Hall–Kier alpha value is 0.750. The van der Waals surface area contributed by atoms with Crippen molar-refractivity contribution in [3.8, 4) is 0 Å². The number of rotatable bonds is 10. The molecule has 19 heavy (non-hydrogen) atoms. The first-order valence-corrected chi connectivity index (χ1v) is 8.70. The van der Waals surface area contributed by atoms with E-state index in [0.717, 1.165) is 19.3 Å². The highest BCUT2D eigenvalue weighted by atomic mass is 79.9. The van der Waals surface area contributed by atoms with Gasteiger partial charge in [0.1, 0.15) is 0 Å². The highest BCUT2D eigenvalue weighted by Gasteiger charge is 2.33. The largest absolute Gasteiger partial charge is 0.389 e. The second-order valence-electron chi connectivity index (χ2n) is 5.36. The maximum absolute atomic E-state index is 12.3. The number of hydrogen-bond donors (Lipinski definition) is 0. The van der Waals surface area contributed by atoms with E-state index in [1.165, 1.54) is 25.7 Å². The minimum absolute atomic E-state index is 0.0142. The molecule has 0 amide bonds. The van der Waals surface area contributed by atoms with Gasteiger partial charge in [0.25, 0.3) is 0 Å². The zero-order valence-corrected chi connectivity index (χ0v) is 15.0. The lowest BCUT2D eigenvalue weighted by atomic mass is 9.93. The van der Waals surface area contributed by atoms with Gasteiger partial charge in [0.2, 0.25) is 0 Å². The van der Waals surface area contributed by atoms with Crippen LogP contribution in [0.3, 0.4) is 0 Å². The summed E-state index contributed by atoms with van der Waals surface area (Å²) in [5.74, 6) is 0.0142. The van der Waals surface area contributed by atoms with Crippen molar-refractivity contribution in [3.63, 3.8) is 0 Å². The molecule has 0 aromatic carbocycles. The Morgan fingerprint density at radius 3 is 1.89 bits per heavy atom. The maximum Gasteiger partial charge on any atom is 0.389 e. The lowest BCUT2D eigenvalue weighted by Crippen LogP contribution is -2.23. The number of halogens is 5. The van der Waals surface area contributed by atoms with Crippen LogP contribution >= 0.6 is 31.9 Å². The van der Waals surface area contributed by atoms with Crippen LogP contribution in [0, 0.1) is 5.92 Å². The predicted octanol–water partition coefficient (Wildman–Crippen LogP) is 7.20. The second-order valence-corrected chi connectivity index (χ2v) is 9.72. The normalized spacial score (nSPS) is 14.7. The van der Waals surface area contributed by atoms with E-state index in [0.29, 0.717) is 0 Å². The van der Waals surface area contributed by atoms with Crippen LogP contribution < -0.4 is 0 Å². The first kappa shape index (κ1) is 19.8. The molecule has 0 aromatic heterocycles. The highest BCUT2D eigenvalue weighted by molar-refractivity contribution is 9.25. The zero-order chi connectivity index (χ0) is 14.9. The molecule has 0 aliphatic rings. The van der Waals surface area contributed by atoms with Gasteiger partial charge in [-0.1, -0.05) is 77.3 Å². The minimum Gasteiger partial charge on any atom is -0.171 e. The van der Waals surface area contributed by atoms with E-state index in [1.807, 2.05) is 6.92 Å². The summed E-state index contributed by atoms with van der Waals surface area (Å²) < 4.78 is 36.5. The maximum atomic E-state index is 12.3. The van der Waals surface area contributed by atoms with Gasteiger partial charge >= 0.3 is 6.18 Å². The van der Waals surface area contributed by atoms with Gasteiger partial charge in [-0.2, -0.15) is 13.2 Å². The van der Waals surface area contributed by atoms with E-state index in [2.05, 4.69) is 38.8 Å². The molecule has 0 saturated heterocycles. The molecule has 0 nitrogen and oxygen atoms in total.